The van der Waals surface area contributed by atoms with Crippen molar-refractivity contribution in [1.82, 2.24) is 24.8 Å². The molecule has 0 spiro atoms. The lowest BCUT2D eigenvalue weighted by molar-refractivity contribution is -0.0101. The molecule has 1 saturated carbocycles. The van der Waals surface area contributed by atoms with Crippen molar-refractivity contribution in [2.75, 3.05) is 43.5 Å². The first-order valence-electron chi connectivity index (χ1n) is 18.5. The number of hydrogen-bond acceptors (Lipinski definition) is 11. The number of nitrogens with zero attached hydrogens (tertiary/aromatic N) is 6. The number of pyridine rings is 1. The Labute approximate surface area is 314 Å². The summed E-state index contributed by atoms with van der Waals surface area (Å²) in [6.45, 7) is 10.5. The van der Waals surface area contributed by atoms with Crippen LogP contribution in [0.2, 0.25) is 0 Å². The number of hydrogen-bond donors (Lipinski definition) is 1. The van der Waals surface area contributed by atoms with Gasteiger partial charge < -0.3 is 29.6 Å². The van der Waals surface area contributed by atoms with E-state index < -0.39 is 23.3 Å². The fraction of sp³-hybridized carbons (Fsp3) is 0.622. The molecule has 2 bridgehead atoms. The number of aromatic nitrogens is 3. The summed E-state index contributed by atoms with van der Waals surface area (Å²) in [5.74, 6) is -0.475. The summed E-state index contributed by atoms with van der Waals surface area (Å²) < 4.78 is 57.8. The Morgan fingerprint density at radius 1 is 1.08 bits per heavy atom. The third kappa shape index (κ3) is 5.71. The topological polar surface area (TPSA) is 128 Å². The molecule has 2 aromatic heterocycles. The van der Waals surface area contributed by atoms with E-state index in [0.29, 0.717) is 58.3 Å². The summed E-state index contributed by atoms with van der Waals surface area (Å²) >= 11 is 2.08. The van der Waals surface area contributed by atoms with E-state index in [-0.39, 0.29) is 65.0 Å². The maximum absolute atomic E-state index is 17.2. The highest BCUT2D eigenvalue weighted by Gasteiger charge is 2.54. The van der Waals surface area contributed by atoms with Crippen LogP contribution in [0.15, 0.2) is 6.07 Å². The number of halogens is 3. The fourth-order valence-electron chi connectivity index (χ4n) is 9.14. The minimum Gasteiger partial charge on any atom is -0.472 e. The average molecular weight is 832 g/mol. The van der Waals surface area contributed by atoms with Gasteiger partial charge in [-0.3, -0.25) is 9.80 Å². The van der Waals surface area contributed by atoms with E-state index in [0.717, 1.165) is 45.1 Å². The van der Waals surface area contributed by atoms with E-state index in [1.165, 1.54) is 6.07 Å². The Morgan fingerprint density at radius 2 is 1.87 bits per heavy atom. The number of carbonyl (C=O) groups excluding carboxylic acids is 1. The van der Waals surface area contributed by atoms with Crippen LogP contribution in [0.1, 0.15) is 77.7 Å². The Balaban J connectivity index is 1.17. The molecule has 0 radical (unpaired) electrons. The molecular weight excluding hydrogens is 787 g/mol. The van der Waals surface area contributed by atoms with Gasteiger partial charge in [-0.25, -0.2) is 18.6 Å². The fourth-order valence-corrected chi connectivity index (χ4v) is 10.2. The van der Waals surface area contributed by atoms with Crippen molar-refractivity contribution in [2.24, 2.45) is 0 Å². The number of rotatable bonds is 5. The van der Waals surface area contributed by atoms with Crippen LogP contribution in [0.3, 0.4) is 0 Å². The van der Waals surface area contributed by atoms with Gasteiger partial charge in [-0.1, -0.05) is 0 Å². The Hall–Kier alpha value is -3.31. The summed E-state index contributed by atoms with van der Waals surface area (Å²) in [6, 6.07) is 1.31. The molecule has 4 saturated heterocycles. The minimum atomic E-state index is -0.683. The van der Waals surface area contributed by atoms with Gasteiger partial charge in [0, 0.05) is 39.9 Å². The minimum absolute atomic E-state index is 0.0112. The first kappa shape index (κ1) is 34.5. The molecule has 6 aliphatic rings. The predicted molar refractivity (Wildman–Crippen MR) is 198 cm³/mol. The molecule has 7 heterocycles. The molecule has 1 aliphatic carbocycles. The number of nitrogen functional groups attached to an aromatic ring is 1. The van der Waals surface area contributed by atoms with Gasteiger partial charge in [0.25, 0.3) is 0 Å². The summed E-state index contributed by atoms with van der Waals surface area (Å²) in [7, 11) is 0. The molecule has 3 aromatic rings. The number of benzene rings is 1. The maximum Gasteiger partial charge on any atom is 0.410 e. The predicted octanol–water partition coefficient (Wildman–Crippen LogP) is 6.01. The normalized spacial score (nSPS) is 28.4. The summed E-state index contributed by atoms with van der Waals surface area (Å²) in [4.78, 5) is 34.6. The van der Waals surface area contributed by atoms with Crippen molar-refractivity contribution < 1.29 is 32.5 Å². The number of anilines is 2. The third-order valence-corrected chi connectivity index (χ3v) is 12.7. The molecule has 12 nitrogen and oxygen atoms in total. The Kier molecular flexibility index (Phi) is 8.38. The van der Waals surface area contributed by atoms with Crippen molar-refractivity contribution in [3.05, 3.63) is 26.8 Å². The Bertz CT molecular complexity index is 1960. The number of ether oxygens (including phenoxy) is 4. The quantitative estimate of drug-likeness (QED) is 0.240. The number of nitrogens with two attached hydrogens (primary N) is 1. The van der Waals surface area contributed by atoms with E-state index in [4.69, 9.17) is 39.6 Å². The summed E-state index contributed by atoms with van der Waals surface area (Å²) in [5.41, 5.74) is 6.37. The van der Waals surface area contributed by atoms with Gasteiger partial charge in [-0.15, -0.1) is 0 Å². The van der Waals surface area contributed by atoms with E-state index in [1.54, 1.807) is 0 Å². The number of piperazine rings is 1. The van der Waals surface area contributed by atoms with Gasteiger partial charge in [0.15, 0.2) is 11.6 Å². The van der Waals surface area contributed by atoms with Gasteiger partial charge in [-0.2, -0.15) is 9.97 Å². The smallest absolute Gasteiger partial charge is 0.410 e. The lowest BCUT2D eigenvalue weighted by Crippen LogP contribution is -2.65. The van der Waals surface area contributed by atoms with Crippen LogP contribution in [-0.4, -0.2) is 106 Å². The SMILES string of the molecule is C[C@@H]1Oc2nc(-c3cc(N)c(F)c(C4CC4)c3I)c(F)c3nc(OC[C@@H]4CC[C@H]5COCCN54)nc(c23)N2C[C@H]3CC[C@@H]([C@@H]12)N3C(=O)OC(C)(C)C. The number of morpholine rings is 1. The molecule has 5 aliphatic heterocycles. The molecule has 15 heteroatoms. The molecule has 1 aromatic carbocycles. The zero-order valence-electron chi connectivity index (χ0n) is 29.8. The average Bonchev–Trinajstić information content (AvgIpc) is 3.79. The molecule has 2 N–H and O–H groups in total. The van der Waals surface area contributed by atoms with Crippen LogP contribution in [0, 0.1) is 15.2 Å². The second-order valence-corrected chi connectivity index (χ2v) is 17.2. The largest absolute Gasteiger partial charge is 0.472 e. The van der Waals surface area contributed by atoms with Crippen LogP contribution >= 0.6 is 22.6 Å². The molecule has 1 amide bonds. The second kappa shape index (κ2) is 12.6. The van der Waals surface area contributed by atoms with Gasteiger partial charge in [0.05, 0.1) is 37.0 Å². The van der Waals surface area contributed by atoms with E-state index >= 15 is 8.78 Å². The highest BCUT2D eigenvalue weighted by atomic mass is 127. The van der Waals surface area contributed by atoms with Gasteiger partial charge in [0.2, 0.25) is 5.88 Å². The lowest BCUT2D eigenvalue weighted by Gasteiger charge is -2.48. The molecule has 9 rings (SSSR count). The van der Waals surface area contributed by atoms with Crippen LogP contribution in [0.25, 0.3) is 22.2 Å². The first-order valence-corrected chi connectivity index (χ1v) is 19.6. The van der Waals surface area contributed by atoms with Crippen LogP contribution in [-0.2, 0) is 9.47 Å². The van der Waals surface area contributed by atoms with E-state index in [9.17, 15) is 4.79 Å². The maximum atomic E-state index is 17.2. The zero-order valence-corrected chi connectivity index (χ0v) is 32.0. The standard InChI is InChI=1S/C37H44F2IN7O5/c1-17-32-24-10-9-19(47(24)36(48)52-37(2,3)4)14-46(32)33-26-31(43-35(44-33)50-16-21-8-7-20-15-49-12-11-45(20)21)28(39)30(42-34(26)51-17)22-13-23(41)27(38)25(29(22)40)18-5-6-18/h13,17-21,24,32H,5-12,14-16,41H2,1-4H3/t17-,19+,20-,21-,24-,32+/m0/s1. The van der Waals surface area contributed by atoms with Crippen LogP contribution < -0.4 is 20.1 Å². The number of amides is 1. The molecular formula is C37H44F2IN7O5. The van der Waals surface area contributed by atoms with Crippen molar-refractivity contribution in [3.8, 4) is 23.1 Å². The molecule has 52 heavy (non-hydrogen) atoms. The first-order chi connectivity index (χ1) is 24.9. The number of fused-ring (bicyclic) bond motifs is 6. The Morgan fingerprint density at radius 3 is 2.63 bits per heavy atom. The molecule has 0 unspecified atom stereocenters. The zero-order chi connectivity index (χ0) is 36.2. The summed E-state index contributed by atoms with van der Waals surface area (Å²) in [5, 5.41) is 0.342. The van der Waals surface area contributed by atoms with Gasteiger partial charge in [-0.05, 0) is 101 Å². The number of carbonyl (C=O) groups is 1. The van der Waals surface area contributed by atoms with Crippen LogP contribution in [0.4, 0.5) is 25.1 Å². The monoisotopic (exact) mass is 831 g/mol. The highest BCUT2D eigenvalue weighted by Crippen LogP contribution is 2.50. The van der Waals surface area contributed by atoms with Crippen molar-refractivity contribution >= 4 is 51.1 Å². The highest BCUT2D eigenvalue weighted by molar-refractivity contribution is 14.1. The molecule has 5 fully saturated rings. The van der Waals surface area contributed by atoms with Crippen molar-refractivity contribution in [1.29, 1.82) is 0 Å². The van der Waals surface area contributed by atoms with E-state index in [2.05, 4.69) is 32.4 Å². The molecule has 6 atom stereocenters. The second-order valence-electron chi connectivity index (χ2n) is 16.1. The van der Waals surface area contributed by atoms with Gasteiger partial charge in [0.1, 0.15) is 40.7 Å². The summed E-state index contributed by atoms with van der Waals surface area (Å²) in [6.07, 6.45) is 4.36. The van der Waals surface area contributed by atoms with Crippen molar-refractivity contribution in [3.63, 3.8) is 0 Å². The van der Waals surface area contributed by atoms with E-state index in [1.807, 2.05) is 32.6 Å². The molecule has 278 valence electrons. The lowest BCUT2D eigenvalue weighted by atomic mass is 9.98. The van der Waals surface area contributed by atoms with Crippen LogP contribution in [0.5, 0.6) is 11.9 Å². The third-order valence-electron chi connectivity index (χ3n) is 11.6. The van der Waals surface area contributed by atoms with Gasteiger partial charge >= 0.3 is 12.1 Å². The van der Waals surface area contributed by atoms with Crippen molar-refractivity contribution in [2.45, 2.75) is 114 Å².